The molecule has 1 aliphatic carbocycles. The van der Waals surface area contributed by atoms with Gasteiger partial charge in [0.1, 0.15) is 0 Å². The lowest BCUT2D eigenvalue weighted by atomic mass is 9.89. The molecule has 114 valence electrons. The average Bonchev–Trinajstić information content (AvgIpc) is 2.47. The molecule has 0 bridgehead atoms. The Balaban J connectivity index is 2.12. The Morgan fingerprint density at radius 1 is 1.21 bits per heavy atom. The van der Waals surface area contributed by atoms with Gasteiger partial charge in [-0.25, -0.2) is 0 Å². The molecule has 0 aromatic heterocycles. The Labute approximate surface area is 120 Å². The highest BCUT2D eigenvalue weighted by atomic mass is 16.5. The van der Waals surface area contributed by atoms with Crippen LogP contribution in [0.5, 0.6) is 0 Å². The summed E-state index contributed by atoms with van der Waals surface area (Å²) >= 11 is 0. The van der Waals surface area contributed by atoms with E-state index in [1.807, 2.05) is 0 Å². The molecule has 1 atom stereocenters. The summed E-state index contributed by atoms with van der Waals surface area (Å²) in [6, 6.07) is 0.659. The lowest BCUT2D eigenvalue weighted by Gasteiger charge is -2.29. The summed E-state index contributed by atoms with van der Waals surface area (Å²) < 4.78 is 5.21. The summed E-state index contributed by atoms with van der Waals surface area (Å²) in [4.78, 5) is 2.54. The van der Waals surface area contributed by atoms with E-state index < -0.39 is 0 Å². The van der Waals surface area contributed by atoms with Gasteiger partial charge >= 0.3 is 0 Å². The van der Waals surface area contributed by atoms with Gasteiger partial charge in [-0.1, -0.05) is 26.2 Å². The second-order valence-electron chi connectivity index (χ2n) is 5.99. The van der Waals surface area contributed by atoms with Gasteiger partial charge in [0.25, 0.3) is 0 Å². The van der Waals surface area contributed by atoms with Crippen molar-refractivity contribution in [2.45, 2.75) is 58.4 Å². The van der Waals surface area contributed by atoms with Crippen LogP contribution in [0.2, 0.25) is 0 Å². The monoisotopic (exact) mass is 270 g/mol. The van der Waals surface area contributed by atoms with Crippen LogP contribution in [-0.2, 0) is 4.74 Å². The molecular formula is C16H34N2O. The number of hydrogen-bond acceptors (Lipinski definition) is 3. The van der Waals surface area contributed by atoms with E-state index in [-0.39, 0.29) is 0 Å². The Morgan fingerprint density at radius 2 is 1.95 bits per heavy atom. The minimum absolute atomic E-state index is 0.659. The van der Waals surface area contributed by atoms with E-state index in [0.29, 0.717) is 6.04 Å². The number of methoxy groups -OCH3 is 1. The number of ether oxygens (including phenoxy) is 1. The Kier molecular flexibility index (Phi) is 9.48. The highest BCUT2D eigenvalue weighted by Gasteiger charge is 2.14. The topological polar surface area (TPSA) is 24.5 Å². The molecule has 1 aliphatic rings. The van der Waals surface area contributed by atoms with Gasteiger partial charge in [0.2, 0.25) is 0 Å². The third-order valence-corrected chi connectivity index (χ3v) is 4.53. The zero-order valence-corrected chi connectivity index (χ0v) is 13.3. The Hall–Kier alpha value is -0.120. The second kappa shape index (κ2) is 10.6. The molecule has 0 aromatic rings. The minimum atomic E-state index is 0.659. The zero-order valence-electron chi connectivity index (χ0n) is 13.3. The molecule has 0 amide bonds. The van der Waals surface area contributed by atoms with Crippen LogP contribution in [-0.4, -0.2) is 50.8 Å². The largest absolute Gasteiger partial charge is 0.383 e. The maximum atomic E-state index is 5.21. The van der Waals surface area contributed by atoms with Crippen molar-refractivity contribution < 1.29 is 4.74 Å². The van der Waals surface area contributed by atoms with Crippen LogP contribution in [0, 0.1) is 5.92 Å². The van der Waals surface area contributed by atoms with E-state index in [1.165, 1.54) is 45.1 Å². The van der Waals surface area contributed by atoms with Gasteiger partial charge in [-0.2, -0.15) is 0 Å². The van der Waals surface area contributed by atoms with Gasteiger partial charge in [0.15, 0.2) is 0 Å². The third kappa shape index (κ3) is 7.28. The third-order valence-electron chi connectivity index (χ3n) is 4.53. The van der Waals surface area contributed by atoms with Crippen molar-refractivity contribution in [1.29, 1.82) is 0 Å². The first-order valence-corrected chi connectivity index (χ1v) is 8.21. The molecule has 0 aromatic carbocycles. The number of rotatable bonds is 10. The number of nitrogens with zero attached hydrogens (tertiary/aromatic N) is 1. The van der Waals surface area contributed by atoms with E-state index in [9.17, 15) is 0 Å². The van der Waals surface area contributed by atoms with Crippen LogP contribution in [0.1, 0.15) is 52.4 Å². The molecular weight excluding hydrogens is 236 g/mol. The van der Waals surface area contributed by atoms with Crippen LogP contribution in [0.25, 0.3) is 0 Å². The van der Waals surface area contributed by atoms with E-state index in [0.717, 1.165) is 32.2 Å². The van der Waals surface area contributed by atoms with Crippen molar-refractivity contribution in [2.75, 3.05) is 39.9 Å². The summed E-state index contributed by atoms with van der Waals surface area (Å²) in [5, 5.41) is 3.66. The first kappa shape index (κ1) is 16.9. The van der Waals surface area contributed by atoms with Crippen molar-refractivity contribution >= 4 is 0 Å². The molecule has 1 saturated carbocycles. The molecule has 3 nitrogen and oxygen atoms in total. The van der Waals surface area contributed by atoms with Crippen molar-refractivity contribution in [3.05, 3.63) is 0 Å². The quantitative estimate of drug-likeness (QED) is 0.618. The maximum absolute atomic E-state index is 5.21. The average molecular weight is 270 g/mol. The van der Waals surface area contributed by atoms with Gasteiger partial charge in [-0.15, -0.1) is 0 Å². The first-order valence-electron chi connectivity index (χ1n) is 8.21. The highest BCUT2D eigenvalue weighted by molar-refractivity contribution is 4.70. The summed E-state index contributed by atoms with van der Waals surface area (Å²) in [6.07, 6.45) is 8.43. The number of hydrogen-bond donors (Lipinski definition) is 1. The first-order chi connectivity index (χ1) is 9.27. The van der Waals surface area contributed by atoms with Gasteiger partial charge in [0.05, 0.1) is 6.61 Å². The normalized spacial score (nSPS) is 18.9. The summed E-state index contributed by atoms with van der Waals surface area (Å²) in [6.45, 7) is 9.95. The van der Waals surface area contributed by atoms with Gasteiger partial charge in [-0.3, -0.25) is 4.90 Å². The molecule has 19 heavy (non-hydrogen) atoms. The molecule has 0 saturated heterocycles. The smallest absolute Gasteiger partial charge is 0.0589 e. The lowest BCUT2D eigenvalue weighted by molar-refractivity contribution is 0.123. The predicted octanol–water partition coefficient (Wildman–Crippen LogP) is 2.90. The fourth-order valence-electron chi connectivity index (χ4n) is 2.94. The molecule has 0 aliphatic heterocycles. The fraction of sp³-hybridized carbons (Fsp3) is 1.00. The molecule has 1 fully saturated rings. The maximum Gasteiger partial charge on any atom is 0.0589 e. The van der Waals surface area contributed by atoms with Crippen molar-refractivity contribution in [3.63, 3.8) is 0 Å². The van der Waals surface area contributed by atoms with E-state index in [2.05, 4.69) is 24.1 Å². The van der Waals surface area contributed by atoms with Crippen molar-refractivity contribution in [3.8, 4) is 0 Å². The molecule has 0 spiro atoms. The SMILES string of the molecule is CCC(C)N(CCNCC1CCCCC1)CCOC. The Morgan fingerprint density at radius 3 is 2.58 bits per heavy atom. The Bertz CT molecular complexity index is 205. The fourth-order valence-corrected chi connectivity index (χ4v) is 2.94. The van der Waals surface area contributed by atoms with Crippen LogP contribution in [0.4, 0.5) is 0 Å². The summed E-state index contributed by atoms with van der Waals surface area (Å²) in [5.41, 5.74) is 0. The van der Waals surface area contributed by atoms with Gasteiger partial charge < -0.3 is 10.1 Å². The van der Waals surface area contributed by atoms with Gasteiger partial charge in [-0.05, 0) is 38.6 Å². The van der Waals surface area contributed by atoms with Crippen LogP contribution >= 0.6 is 0 Å². The predicted molar refractivity (Wildman–Crippen MR) is 82.6 cm³/mol. The second-order valence-corrected chi connectivity index (χ2v) is 5.99. The molecule has 3 heteroatoms. The minimum Gasteiger partial charge on any atom is -0.383 e. The standard InChI is InChI=1S/C16H34N2O/c1-4-15(2)18(12-13-19-3)11-10-17-14-16-8-6-5-7-9-16/h15-17H,4-14H2,1-3H3. The summed E-state index contributed by atoms with van der Waals surface area (Å²) in [7, 11) is 1.79. The molecule has 0 radical (unpaired) electrons. The van der Waals surface area contributed by atoms with E-state index in [1.54, 1.807) is 7.11 Å². The molecule has 1 rings (SSSR count). The van der Waals surface area contributed by atoms with Crippen LogP contribution in [0.15, 0.2) is 0 Å². The summed E-state index contributed by atoms with van der Waals surface area (Å²) in [5.74, 6) is 0.935. The van der Waals surface area contributed by atoms with Crippen molar-refractivity contribution in [2.24, 2.45) is 5.92 Å². The van der Waals surface area contributed by atoms with Crippen molar-refractivity contribution in [1.82, 2.24) is 10.2 Å². The lowest BCUT2D eigenvalue weighted by Crippen LogP contribution is -2.40. The molecule has 0 heterocycles. The number of nitrogens with one attached hydrogen (secondary N) is 1. The van der Waals surface area contributed by atoms with Gasteiger partial charge in [0, 0.05) is 32.8 Å². The highest BCUT2D eigenvalue weighted by Crippen LogP contribution is 2.22. The molecule has 1 unspecified atom stereocenters. The van der Waals surface area contributed by atoms with E-state index >= 15 is 0 Å². The van der Waals surface area contributed by atoms with Crippen LogP contribution in [0.3, 0.4) is 0 Å². The zero-order chi connectivity index (χ0) is 13.9. The van der Waals surface area contributed by atoms with Crippen LogP contribution < -0.4 is 5.32 Å². The van der Waals surface area contributed by atoms with E-state index in [4.69, 9.17) is 4.74 Å². The molecule has 1 N–H and O–H groups in total.